The highest BCUT2D eigenvalue weighted by Crippen LogP contribution is 2.53. The number of aliphatic hydroxyl groups excluding tert-OH is 1. The predicted molar refractivity (Wildman–Crippen MR) is 120 cm³/mol. The summed E-state index contributed by atoms with van der Waals surface area (Å²) in [6.45, 7) is 3.66. The van der Waals surface area contributed by atoms with Gasteiger partial charge in [0.1, 0.15) is 0 Å². The molecule has 0 unspecified atom stereocenters. The maximum atomic E-state index is 8.70. The first kappa shape index (κ1) is 22.8. The van der Waals surface area contributed by atoms with Crippen molar-refractivity contribution in [2.75, 3.05) is 33.0 Å². The molecule has 26 heavy (non-hydrogen) atoms. The van der Waals surface area contributed by atoms with Gasteiger partial charge in [-0.2, -0.15) is 0 Å². The van der Waals surface area contributed by atoms with Crippen LogP contribution in [0.5, 0.6) is 0 Å². The summed E-state index contributed by atoms with van der Waals surface area (Å²) >= 11 is 7.32. The lowest BCUT2D eigenvalue weighted by Gasteiger charge is -2.06. The minimum atomic E-state index is 0.315. The van der Waals surface area contributed by atoms with Crippen LogP contribution < -0.4 is 0 Å². The van der Waals surface area contributed by atoms with E-state index in [1.165, 1.54) is 26.2 Å². The SMILES string of the molecule is OCCCCCCOCCCCCCOCC1=CSC(=C2SC=CS2)S1. The van der Waals surface area contributed by atoms with Crippen LogP contribution in [0.1, 0.15) is 51.4 Å². The van der Waals surface area contributed by atoms with Crippen molar-refractivity contribution >= 4 is 47.0 Å². The summed E-state index contributed by atoms with van der Waals surface area (Å²) in [6.07, 6.45) is 9.04. The lowest BCUT2D eigenvalue weighted by atomic mass is 10.2. The smallest absolute Gasteiger partial charge is 0.0784 e. The first-order valence-corrected chi connectivity index (χ1v) is 12.9. The highest BCUT2D eigenvalue weighted by Gasteiger charge is 2.18. The van der Waals surface area contributed by atoms with Gasteiger partial charge in [-0.05, 0) is 41.9 Å². The third-order valence-electron chi connectivity index (χ3n) is 3.86. The molecule has 1 N–H and O–H groups in total. The van der Waals surface area contributed by atoms with Gasteiger partial charge in [-0.15, -0.1) is 0 Å². The number of ether oxygens (including phenoxy) is 2. The van der Waals surface area contributed by atoms with Crippen molar-refractivity contribution in [1.82, 2.24) is 0 Å². The zero-order valence-corrected chi connectivity index (χ0v) is 18.6. The molecular weight excluding hydrogens is 404 g/mol. The van der Waals surface area contributed by atoms with E-state index < -0.39 is 0 Å². The largest absolute Gasteiger partial charge is 0.396 e. The molecule has 0 bridgehead atoms. The van der Waals surface area contributed by atoms with Crippen molar-refractivity contribution in [2.24, 2.45) is 0 Å². The van der Waals surface area contributed by atoms with Crippen molar-refractivity contribution in [2.45, 2.75) is 51.4 Å². The Bertz CT molecular complexity index is 467. The average molecular weight is 435 g/mol. The molecular formula is C19H30O3S4. The predicted octanol–water partition coefficient (Wildman–Crippen LogP) is 6.53. The number of hydrogen-bond donors (Lipinski definition) is 1. The summed E-state index contributed by atoms with van der Waals surface area (Å²) in [5.74, 6) is 0. The molecule has 0 aromatic carbocycles. The number of thioether (sulfide) groups is 4. The van der Waals surface area contributed by atoms with Gasteiger partial charge in [0.15, 0.2) is 0 Å². The Hall–Kier alpha value is 0.500. The second-order valence-electron chi connectivity index (χ2n) is 6.10. The van der Waals surface area contributed by atoms with Crippen LogP contribution in [0, 0.1) is 0 Å². The van der Waals surface area contributed by atoms with Crippen LogP contribution in [0.4, 0.5) is 0 Å². The van der Waals surface area contributed by atoms with E-state index >= 15 is 0 Å². The molecule has 2 rings (SSSR count). The van der Waals surface area contributed by atoms with Crippen LogP contribution in [0.25, 0.3) is 0 Å². The molecule has 0 aromatic heterocycles. The molecule has 0 saturated carbocycles. The monoisotopic (exact) mass is 434 g/mol. The Morgan fingerprint density at radius 1 is 0.692 bits per heavy atom. The highest BCUT2D eigenvalue weighted by molar-refractivity contribution is 8.33. The van der Waals surface area contributed by atoms with Crippen molar-refractivity contribution in [3.8, 4) is 0 Å². The van der Waals surface area contributed by atoms with Crippen LogP contribution in [-0.2, 0) is 9.47 Å². The van der Waals surface area contributed by atoms with E-state index in [2.05, 4.69) is 16.2 Å². The van der Waals surface area contributed by atoms with Gasteiger partial charge in [0.25, 0.3) is 0 Å². The molecule has 0 radical (unpaired) electrons. The van der Waals surface area contributed by atoms with E-state index in [-0.39, 0.29) is 0 Å². The minimum Gasteiger partial charge on any atom is -0.396 e. The lowest BCUT2D eigenvalue weighted by Crippen LogP contribution is -1.99. The quantitative estimate of drug-likeness (QED) is 0.294. The number of rotatable bonds is 15. The molecule has 0 aliphatic carbocycles. The van der Waals surface area contributed by atoms with Gasteiger partial charge in [0, 0.05) is 31.3 Å². The normalized spacial score (nSPS) is 16.7. The van der Waals surface area contributed by atoms with E-state index in [4.69, 9.17) is 14.6 Å². The Balaban J connectivity index is 1.32. The summed E-state index contributed by atoms with van der Waals surface area (Å²) in [4.78, 5) is 1.33. The van der Waals surface area contributed by atoms with E-state index in [1.807, 2.05) is 47.0 Å². The molecule has 0 fully saturated rings. The zero-order chi connectivity index (χ0) is 18.3. The molecule has 0 saturated heterocycles. The highest BCUT2D eigenvalue weighted by atomic mass is 32.2. The van der Waals surface area contributed by atoms with E-state index in [0.717, 1.165) is 65.0 Å². The number of hydrogen-bond acceptors (Lipinski definition) is 7. The van der Waals surface area contributed by atoms with Crippen LogP contribution >= 0.6 is 47.0 Å². The standard InChI is InChI=1S/C19H30O3S4/c20-9-5-1-2-6-10-21-11-7-3-4-8-12-22-15-17-16-25-19(26-17)18-23-13-14-24-18/h13-14,16,20H,1-12,15H2. The Morgan fingerprint density at radius 2 is 1.31 bits per heavy atom. The molecule has 2 aliphatic heterocycles. The molecule has 148 valence electrons. The van der Waals surface area contributed by atoms with Crippen molar-refractivity contribution in [3.05, 3.63) is 29.6 Å². The fourth-order valence-corrected chi connectivity index (χ4v) is 6.87. The third-order valence-corrected chi connectivity index (χ3v) is 8.91. The zero-order valence-electron chi connectivity index (χ0n) is 15.3. The number of aliphatic hydroxyl groups is 1. The van der Waals surface area contributed by atoms with Crippen LogP contribution in [0.3, 0.4) is 0 Å². The summed E-state index contributed by atoms with van der Waals surface area (Å²) < 4.78 is 14.3. The van der Waals surface area contributed by atoms with Gasteiger partial charge in [0.2, 0.25) is 0 Å². The fraction of sp³-hybridized carbons (Fsp3) is 0.684. The second-order valence-corrected chi connectivity index (χ2v) is 10.5. The lowest BCUT2D eigenvalue weighted by molar-refractivity contribution is 0.123. The minimum absolute atomic E-state index is 0.315. The van der Waals surface area contributed by atoms with Gasteiger partial charge in [-0.25, -0.2) is 0 Å². The number of unbranched alkanes of at least 4 members (excludes halogenated alkanes) is 6. The van der Waals surface area contributed by atoms with Crippen LogP contribution in [-0.4, -0.2) is 38.1 Å². The van der Waals surface area contributed by atoms with Gasteiger partial charge >= 0.3 is 0 Å². The average Bonchev–Trinajstić information content (AvgIpc) is 3.33. The summed E-state index contributed by atoms with van der Waals surface area (Å²) in [7, 11) is 0. The van der Waals surface area contributed by atoms with Crippen molar-refractivity contribution in [3.63, 3.8) is 0 Å². The van der Waals surface area contributed by atoms with E-state index in [1.54, 1.807) is 0 Å². The molecule has 7 heteroatoms. The molecule has 3 nitrogen and oxygen atoms in total. The fourth-order valence-electron chi connectivity index (χ4n) is 2.45. The van der Waals surface area contributed by atoms with Crippen molar-refractivity contribution < 1.29 is 14.6 Å². The molecule has 0 atom stereocenters. The first-order chi connectivity index (χ1) is 12.9. The summed E-state index contributed by atoms with van der Waals surface area (Å²) in [6, 6.07) is 0. The maximum absolute atomic E-state index is 8.70. The first-order valence-electron chi connectivity index (χ1n) is 9.42. The topological polar surface area (TPSA) is 38.7 Å². The Labute approximate surface area is 175 Å². The van der Waals surface area contributed by atoms with Crippen molar-refractivity contribution in [1.29, 1.82) is 0 Å². The van der Waals surface area contributed by atoms with Gasteiger partial charge in [0.05, 0.1) is 15.1 Å². The van der Waals surface area contributed by atoms with E-state index in [9.17, 15) is 0 Å². The summed E-state index contributed by atoms with van der Waals surface area (Å²) in [5, 5.41) is 15.2. The maximum Gasteiger partial charge on any atom is 0.0784 e. The van der Waals surface area contributed by atoms with Crippen LogP contribution in [0.15, 0.2) is 29.6 Å². The van der Waals surface area contributed by atoms with E-state index in [0.29, 0.717) is 6.61 Å². The second kappa shape index (κ2) is 15.4. The summed E-state index contributed by atoms with van der Waals surface area (Å²) in [5.41, 5.74) is 0. The van der Waals surface area contributed by atoms with Gasteiger partial charge < -0.3 is 14.6 Å². The molecule has 0 spiro atoms. The van der Waals surface area contributed by atoms with Crippen LogP contribution in [0.2, 0.25) is 0 Å². The molecule has 0 aromatic rings. The molecule has 2 aliphatic rings. The molecule has 2 heterocycles. The van der Waals surface area contributed by atoms with Gasteiger partial charge in [-0.3, -0.25) is 0 Å². The third kappa shape index (κ3) is 10.2. The van der Waals surface area contributed by atoms with Gasteiger partial charge in [-0.1, -0.05) is 72.7 Å². The Morgan fingerprint density at radius 3 is 1.96 bits per heavy atom. The molecule has 0 amide bonds. The Kier molecular flexibility index (Phi) is 13.5.